The van der Waals surface area contributed by atoms with Crippen LogP contribution in [0.25, 0.3) is 6.08 Å². The van der Waals surface area contributed by atoms with E-state index in [0.29, 0.717) is 5.02 Å². The van der Waals surface area contributed by atoms with Gasteiger partial charge in [-0.05, 0) is 23.8 Å². The van der Waals surface area contributed by atoms with E-state index in [1.165, 1.54) is 6.08 Å². The first-order chi connectivity index (χ1) is 5.74. The standard InChI is InChI=1S/C9H5BrClN/c10-8-4-3-7(2-1-5-12)9(11)6-8/h1-4,6H/b2-1+. The fourth-order valence-electron chi connectivity index (χ4n) is 0.764. The third-order valence-corrected chi connectivity index (χ3v) is 2.12. The molecule has 0 fully saturated rings. The summed E-state index contributed by atoms with van der Waals surface area (Å²) >= 11 is 9.17. The van der Waals surface area contributed by atoms with Gasteiger partial charge in [0.15, 0.2) is 0 Å². The van der Waals surface area contributed by atoms with E-state index in [1.54, 1.807) is 12.1 Å². The highest BCUT2D eigenvalue weighted by Crippen LogP contribution is 2.22. The minimum atomic E-state index is 0.635. The van der Waals surface area contributed by atoms with Crippen LogP contribution >= 0.6 is 27.5 Å². The van der Waals surface area contributed by atoms with Crippen molar-refractivity contribution in [1.29, 1.82) is 5.26 Å². The van der Waals surface area contributed by atoms with Crippen molar-refractivity contribution in [3.8, 4) is 6.07 Å². The first-order valence-corrected chi connectivity index (χ1v) is 4.42. The molecule has 1 rings (SSSR count). The Morgan fingerprint density at radius 2 is 2.25 bits per heavy atom. The average Bonchev–Trinajstić information content (AvgIpc) is 2.03. The number of halogens is 2. The van der Waals surface area contributed by atoms with Crippen molar-refractivity contribution in [2.45, 2.75) is 0 Å². The molecule has 1 aromatic carbocycles. The molecule has 0 aromatic heterocycles. The van der Waals surface area contributed by atoms with Crippen LogP contribution in [-0.4, -0.2) is 0 Å². The third kappa shape index (κ3) is 2.37. The van der Waals surface area contributed by atoms with Gasteiger partial charge in [0.05, 0.1) is 6.07 Å². The number of benzene rings is 1. The Bertz CT molecular complexity index is 352. The maximum Gasteiger partial charge on any atom is 0.0912 e. The monoisotopic (exact) mass is 241 g/mol. The predicted octanol–water partition coefficient (Wildman–Crippen LogP) is 3.64. The van der Waals surface area contributed by atoms with Crippen LogP contribution in [0.3, 0.4) is 0 Å². The first kappa shape index (κ1) is 9.31. The Kier molecular flexibility index (Phi) is 3.33. The normalized spacial score (nSPS) is 10.1. The molecule has 0 saturated carbocycles. The molecule has 0 aliphatic rings. The Morgan fingerprint density at radius 3 is 2.83 bits per heavy atom. The SMILES string of the molecule is N#C/C=C/c1ccc(Br)cc1Cl. The summed E-state index contributed by atoms with van der Waals surface area (Å²) in [4.78, 5) is 0. The minimum Gasteiger partial charge on any atom is -0.193 e. The minimum absolute atomic E-state index is 0.635. The average molecular weight is 243 g/mol. The molecule has 12 heavy (non-hydrogen) atoms. The van der Waals surface area contributed by atoms with Gasteiger partial charge in [0.1, 0.15) is 0 Å². The maximum atomic E-state index is 8.28. The van der Waals surface area contributed by atoms with Crippen LogP contribution in [-0.2, 0) is 0 Å². The van der Waals surface area contributed by atoms with Gasteiger partial charge in [0.25, 0.3) is 0 Å². The summed E-state index contributed by atoms with van der Waals surface area (Å²) in [5, 5.41) is 8.92. The van der Waals surface area contributed by atoms with Gasteiger partial charge in [-0.25, -0.2) is 0 Å². The molecule has 60 valence electrons. The molecule has 0 saturated heterocycles. The van der Waals surface area contributed by atoms with E-state index >= 15 is 0 Å². The van der Waals surface area contributed by atoms with Gasteiger partial charge in [-0.3, -0.25) is 0 Å². The Morgan fingerprint density at radius 1 is 1.50 bits per heavy atom. The van der Waals surface area contributed by atoms with E-state index in [9.17, 15) is 0 Å². The van der Waals surface area contributed by atoms with E-state index in [4.69, 9.17) is 16.9 Å². The number of rotatable bonds is 1. The van der Waals surface area contributed by atoms with Gasteiger partial charge in [-0.2, -0.15) is 5.26 Å². The molecular formula is C9H5BrClN. The summed E-state index contributed by atoms with van der Waals surface area (Å²) in [6.45, 7) is 0. The zero-order valence-corrected chi connectivity index (χ0v) is 8.43. The molecule has 0 amide bonds. The molecule has 0 aliphatic heterocycles. The van der Waals surface area contributed by atoms with E-state index in [-0.39, 0.29) is 0 Å². The molecule has 3 heteroatoms. The van der Waals surface area contributed by atoms with Crippen LogP contribution in [0.1, 0.15) is 5.56 Å². The van der Waals surface area contributed by atoms with E-state index in [0.717, 1.165) is 10.0 Å². The van der Waals surface area contributed by atoms with E-state index in [2.05, 4.69) is 15.9 Å². The molecule has 0 spiro atoms. The summed E-state index contributed by atoms with van der Waals surface area (Å²) in [7, 11) is 0. The summed E-state index contributed by atoms with van der Waals surface area (Å²) in [6.07, 6.45) is 3.07. The summed E-state index contributed by atoms with van der Waals surface area (Å²) in [5.74, 6) is 0. The number of hydrogen-bond acceptors (Lipinski definition) is 1. The van der Waals surface area contributed by atoms with Gasteiger partial charge in [0.2, 0.25) is 0 Å². The highest BCUT2D eigenvalue weighted by Gasteiger charge is 1.95. The lowest BCUT2D eigenvalue weighted by atomic mass is 10.2. The second-order valence-corrected chi connectivity index (χ2v) is 3.45. The second-order valence-electron chi connectivity index (χ2n) is 2.13. The molecule has 0 atom stereocenters. The highest BCUT2D eigenvalue weighted by atomic mass is 79.9. The van der Waals surface area contributed by atoms with Crippen molar-refractivity contribution in [2.75, 3.05) is 0 Å². The predicted molar refractivity (Wildman–Crippen MR) is 53.8 cm³/mol. The lowest BCUT2D eigenvalue weighted by molar-refractivity contribution is 1.53. The number of nitriles is 1. The van der Waals surface area contributed by atoms with Crippen LogP contribution in [0.2, 0.25) is 5.02 Å². The molecule has 0 N–H and O–H groups in total. The van der Waals surface area contributed by atoms with E-state index < -0.39 is 0 Å². The maximum absolute atomic E-state index is 8.28. The van der Waals surface area contributed by atoms with Crippen molar-refractivity contribution in [3.63, 3.8) is 0 Å². The lowest BCUT2D eigenvalue weighted by Gasteiger charge is -1.96. The Hall–Kier alpha value is -0.780. The lowest BCUT2D eigenvalue weighted by Crippen LogP contribution is -1.74. The fraction of sp³-hybridized carbons (Fsp3) is 0. The van der Waals surface area contributed by atoms with Crippen molar-refractivity contribution in [2.24, 2.45) is 0 Å². The van der Waals surface area contributed by atoms with Crippen molar-refractivity contribution < 1.29 is 0 Å². The van der Waals surface area contributed by atoms with Crippen LogP contribution in [0, 0.1) is 11.3 Å². The van der Waals surface area contributed by atoms with E-state index in [1.807, 2.05) is 18.2 Å². The van der Waals surface area contributed by atoms with Crippen molar-refractivity contribution in [3.05, 3.63) is 39.3 Å². The second kappa shape index (κ2) is 4.30. The van der Waals surface area contributed by atoms with Crippen molar-refractivity contribution in [1.82, 2.24) is 0 Å². The van der Waals surface area contributed by atoms with Crippen LogP contribution < -0.4 is 0 Å². The molecule has 0 bridgehead atoms. The number of hydrogen-bond donors (Lipinski definition) is 0. The van der Waals surface area contributed by atoms with Gasteiger partial charge in [-0.1, -0.05) is 33.6 Å². The summed E-state index contributed by atoms with van der Waals surface area (Å²) in [5.41, 5.74) is 0.849. The topological polar surface area (TPSA) is 23.8 Å². The first-order valence-electron chi connectivity index (χ1n) is 3.25. The molecule has 0 unspecified atom stereocenters. The highest BCUT2D eigenvalue weighted by molar-refractivity contribution is 9.10. The molecule has 1 nitrogen and oxygen atoms in total. The molecule has 0 heterocycles. The zero-order chi connectivity index (χ0) is 8.97. The molecular weight excluding hydrogens is 237 g/mol. The zero-order valence-electron chi connectivity index (χ0n) is 6.09. The van der Waals surface area contributed by atoms with Gasteiger partial charge < -0.3 is 0 Å². The number of allylic oxidation sites excluding steroid dienone is 1. The van der Waals surface area contributed by atoms with Crippen LogP contribution in [0.5, 0.6) is 0 Å². The van der Waals surface area contributed by atoms with Gasteiger partial charge in [-0.15, -0.1) is 0 Å². The number of nitrogens with zero attached hydrogens (tertiary/aromatic N) is 1. The quantitative estimate of drug-likeness (QED) is 0.690. The van der Waals surface area contributed by atoms with Gasteiger partial charge in [0, 0.05) is 15.6 Å². The Labute approximate surface area is 84.4 Å². The smallest absolute Gasteiger partial charge is 0.0912 e. The van der Waals surface area contributed by atoms with Gasteiger partial charge >= 0.3 is 0 Å². The third-order valence-electron chi connectivity index (χ3n) is 1.30. The van der Waals surface area contributed by atoms with Crippen LogP contribution in [0.15, 0.2) is 28.7 Å². The van der Waals surface area contributed by atoms with Crippen molar-refractivity contribution >= 4 is 33.6 Å². The largest absolute Gasteiger partial charge is 0.193 e. The molecule has 1 aromatic rings. The van der Waals surface area contributed by atoms with Crippen LogP contribution in [0.4, 0.5) is 0 Å². The Balaban J connectivity index is 3.03. The summed E-state index contributed by atoms with van der Waals surface area (Å²) in [6, 6.07) is 7.42. The molecule has 0 radical (unpaired) electrons. The fourth-order valence-corrected chi connectivity index (χ4v) is 1.50. The molecule has 0 aliphatic carbocycles. The summed E-state index contributed by atoms with van der Waals surface area (Å²) < 4.78 is 0.932.